The van der Waals surface area contributed by atoms with Gasteiger partial charge in [0, 0.05) is 47.3 Å². The van der Waals surface area contributed by atoms with Crippen LogP contribution in [0.15, 0.2) is 30.5 Å². The lowest BCUT2D eigenvalue weighted by molar-refractivity contribution is -0.141. The first-order valence-electron chi connectivity index (χ1n) is 12.4. The van der Waals surface area contributed by atoms with Crippen LogP contribution in [0.25, 0.3) is 21.3 Å². The van der Waals surface area contributed by atoms with E-state index in [0.29, 0.717) is 12.6 Å². The SMILES string of the molecule is Cc1cc(Cl)cc(-c2ccnc3cc(CN4C(=O)C5CC5C4=O)sc23)c1CN1CCCNCC1C. The van der Waals surface area contributed by atoms with Crippen LogP contribution in [0, 0.1) is 18.8 Å². The maximum atomic E-state index is 12.5. The van der Waals surface area contributed by atoms with Crippen molar-refractivity contribution in [1.29, 1.82) is 0 Å². The fraction of sp³-hybridized carbons (Fsp3) is 0.444. The van der Waals surface area contributed by atoms with Crippen molar-refractivity contribution in [1.82, 2.24) is 20.1 Å². The fourth-order valence-corrected chi connectivity index (χ4v) is 6.97. The van der Waals surface area contributed by atoms with E-state index >= 15 is 0 Å². The van der Waals surface area contributed by atoms with Gasteiger partial charge in [0.2, 0.25) is 11.8 Å². The first kappa shape index (κ1) is 23.1. The number of carbonyl (C=O) groups excluding carboxylic acids is 2. The minimum absolute atomic E-state index is 0.0144. The number of likely N-dealkylation sites (tertiary alicyclic amines) is 1. The molecule has 3 aliphatic rings. The zero-order valence-electron chi connectivity index (χ0n) is 20.0. The molecule has 2 saturated heterocycles. The van der Waals surface area contributed by atoms with Crippen LogP contribution in [-0.4, -0.2) is 52.3 Å². The molecule has 1 aliphatic carbocycles. The predicted octanol–water partition coefficient (Wildman–Crippen LogP) is 4.61. The molecule has 1 aromatic carbocycles. The Balaban J connectivity index is 1.37. The van der Waals surface area contributed by atoms with Crippen molar-refractivity contribution in [2.45, 2.75) is 45.8 Å². The van der Waals surface area contributed by atoms with Crippen LogP contribution in [0.4, 0.5) is 0 Å². The number of benzene rings is 1. The summed E-state index contributed by atoms with van der Waals surface area (Å²) in [5.74, 6) is -0.169. The summed E-state index contributed by atoms with van der Waals surface area (Å²) in [7, 11) is 0. The molecule has 0 radical (unpaired) electrons. The van der Waals surface area contributed by atoms with Crippen molar-refractivity contribution in [3.05, 3.63) is 51.5 Å². The zero-order chi connectivity index (χ0) is 24.3. The normalized spacial score (nSPS) is 24.8. The zero-order valence-corrected chi connectivity index (χ0v) is 21.6. The number of nitrogens with one attached hydrogen (secondary N) is 1. The number of hydrogen-bond donors (Lipinski definition) is 1. The van der Waals surface area contributed by atoms with Gasteiger partial charge in [-0.3, -0.25) is 24.4 Å². The molecule has 35 heavy (non-hydrogen) atoms. The van der Waals surface area contributed by atoms with Gasteiger partial charge in [-0.2, -0.15) is 0 Å². The Morgan fingerprint density at radius 2 is 1.94 bits per heavy atom. The number of aryl methyl sites for hydroxylation is 1. The molecule has 182 valence electrons. The first-order valence-corrected chi connectivity index (χ1v) is 13.6. The van der Waals surface area contributed by atoms with E-state index in [0.717, 1.165) is 70.3 Å². The Kier molecular flexibility index (Phi) is 5.92. The number of fused-ring (bicyclic) bond motifs is 2. The highest BCUT2D eigenvalue weighted by Gasteiger charge is 2.58. The average Bonchev–Trinajstić information content (AvgIpc) is 3.51. The monoisotopic (exact) mass is 508 g/mol. The van der Waals surface area contributed by atoms with Crippen molar-refractivity contribution in [3.8, 4) is 11.1 Å². The summed E-state index contributed by atoms with van der Waals surface area (Å²) >= 11 is 8.19. The number of imide groups is 1. The van der Waals surface area contributed by atoms with E-state index in [-0.39, 0.29) is 23.7 Å². The molecular formula is C27H29ClN4O2S. The number of piperidine rings is 1. The topological polar surface area (TPSA) is 65.5 Å². The van der Waals surface area contributed by atoms with Gasteiger partial charge < -0.3 is 5.32 Å². The number of halogens is 1. The third kappa shape index (κ3) is 4.18. The van der Waals surface area contributed by atoms with E-state index in [2.05, 4.69) is 47.2 Å². The van der Waals surface area contributed by atoms with E-state index in [9.17, 15) is 9.59 Å². The van der Waals surface area contributed by atoms with Crippen molar-refractivity contribution >= 4 is 45.0 Å². The molecule has 4 heterocycles. The van der Waals surface area contributed by atoms with Crippen molar-refractivity contribution < 1.29 is 9.59 Å². The van der Waals surface area contributed by atoms with Gasteiger partial charge in [0.25, 0.3) is 0 Å². The summed E-state index contributed by atoms with van der Waals surface area (Å²) < 4.78 is 1.07. The molecule has 3 unspecified atom stereocenters. The number of rotatable bonds is 5. The highest BCUT2D eigenvalue weighted by Crippen LogP contribution is 2.48. The van der Waals surface area contributed by atoms with E-state index < -0.39 is 0 Å². The third-order valence-electron chi connectivity index (χ3n) is 7.68. The van der Waals surface area contributed by atoms with Crippen LogP contribution < -0.4 is 5.32 Å². The van der Waals surface area contributed by atoms with Gasteiger partial charge in [-0.05, 0) is 74.2 Å². The summed E-state index contributed by atoms with van der Waals surface area (Å²) in [6, 6.07) is 8.65. The Morgan fingerprint density at radius 3 is 2.74 bits per heavy atom. The minimum atomic E-state index is -0.0702. The number of nitrogens with zero attached hydrogens (tertiary/aromatic N) is 3. The van der Waals surface area contributed by atoms with Crippen LogP contribution in [0.3, 0.4) is 0 Å². The summed E-state index contributed by atoms with van der Waals surface area (Å²) in [5.41, 5.74) is 5.61. The molecule has 0 spiro atoms. The molecular weight excluding hydrogens is 480 g/mol. The molecule has 3 atom stereocenters. The fourth-order valence-electron chi connectivity index (χ4n) is 5.57. The van der Waals surface area contributed by atoms with Crippen LogP contribution in [-0.2, 0) is 22.7 Å². The molecule has 3 fully saturated rings. The number of carbonyl (C=O) groups is 2. The van der Waals surface area contributed by atoms with Crippen molar-refractivity contribution in [3.63, 3.8) is 0 Å². The number of hydrogen-bond acceptors (Lipinski definition) is 6. The van der Waals surface area contributed by atoms with Crippen LogP contribution in [0.2, 0.25) is 5.02 Å². The molecule has 1 saturated carbocycles. The molecule has 0 bridgehead atoms. The molecule has 2 aliphatic heterocycles. The second-order valence-corrected chi connectivity index (χ2v) is 11.7. The standard InChI is InChI=1S/C27H29ClN4O2S/c1-15-8-17(28)9-20(23(15)14-31-7-3-5-29-12-16(31)2)19-4-6-30-24-10-18(35-25(19)24)13-32-26(33)21-11-22(21)27(32)34/h4,6,8-10,16,21-22,29H,3,5,7,11-14H2,1-2H3. The van der Waals surface area contributed by atoms with E-state index in [1.54, 1.807) is 11.3 Å². The van der Waals surface area contributed by atoms with E-state index in [1.165, 1.54) is 16.0 Å². The van der Waals surface area contributed by atoms with Gasteiger partial charge in [0.05, 0.1) is 28.6 Å². The lowest BCUT2D eigenvalue weighted by Gasteiger charge is -2.28. The summed E-state index contributed by atoms with van der Waals surface area (Å²) in [6.45, 7) is 8.73. The highest BCUT2D eigenvalue weighted by atomic mass is 35.5. The summed E-state index contributed by atoms with van der Waals surface area (Å²) in [4.78, 5) is 34.6. The quantitative estimate of drug-likeness (QED) is 0.510. The van der Waals surface area contributed by atoms with E-state index in [4.69, 9.17) is 11.6 Å². The minimum Gasteiger partial charge on any atom is -0.315 e. The molecule has 3 aromatic rings. The molecule has 8 heteroatoms. The number of aromatic nitrogens is 1. The lowest BCUT2D eigenvalue weighted by atomic mass is 9.95. The number of thiophene rings is 1. The third-order valence-corrected chi connectivity index (χ3v) is 9.05. The smallest absolute Gasteiger partial charge is 0.233 e. The Labute approximate surface area is 214 Å². The molecule has 2 aromatic heterocycles. The summed E-state index contributed by atoms with van der Waals surface area (Å²) in [6.07, 6.45) is 3.71. The first-order chi connectivity index (χ1) is 16.9. The second kappa shape index (κ2) is 8.96. The van der Waals surface area contributed by atoms with Gasteiger partial charge in [-0.25, -0.2) is 0 Å². The van der Waals surface area contributed by atoms with Gasteiger partial charge in [0.1, 0.15) is 0 Å². The molecule has 1 N–H and O–H groups in total. The maximum Gasteiger partial charge on any atom is 0.233 e. The van der Waals surface area contributed by atoms with Crippen LogP contribution >= 0.6 is 22.9 Å². The van der Waals surface area contributed by atoms with Gasteiger partial charge >= 0.3 is 0 Å². The van der Waals surface area contributed by atoms with Crippen molar-refractivity contribution in [2.24, 2.45) is 11.8 Å². The lowest BCUT2D eigenvalue weighted by Crippen LogP contribution is -2.37. The van der Waals surface area contributed by atoms with Gasteiger partial charge in [0.15, 0.2) is 0 Å². The number of amides is 2. The number of pyridine rings is 1. The highest BCUT2D eigenvalue weighted by molar-refractivity contribution is 7.19. The van der Waals surface area contributed by atoms with Crippen molar-refractivity contribution in [2.75, 3.05) is 19.6 Å². The molecule has 6 rings (SSSR count). The van der Waals surface area contributed by atoms with Crippen LogP contribution in [0.1, 0.15) is 35.8 Å². The van der Waals surface area contributed by atoms with Crippen LogP contribution in [0.5, 0.6) is 0 Å². The summed E-state index contributed by atoms with van der Waals surface area (Å²) in [5, 5.41) is 4.25. The Hall–Kier alpha value is -2.32. The molecule has 2 amide bonds. The largest absolute Gasteiger partial charge is 0.315 e. The Bertz CT molecular complexity index is 1320. The Morgan fingerprint density at radius 1 is 1.14 bits per heavy atom. The second-order valence-electron chi connectivity index (χ2n) is 10.1. The van der Waals surface area contributed by atoms with Gasteiger partial charge in [-0.15, -0.1) is 11.3 Å². The average molecular weight is 509 g/mol. The predicted molar refractivity (Wildman–Crippen MR) is 139 cm³/mol. The molecule has 6 nitrogen and oxygen atoms in total. The van der Waals surface area contributed by atoms with Gasteiger partial charge in [-0.1, -0.05) is 11.6 Å². The maximum absolute atomic E-state index is 12.5. The van der Waals surface area contributed by atoms with E-state index in [1.807, 2.05) is 12.3 Å².